The van der Waals surface area contributed by atoms with Crippen LogP contribution < -0.4 is 10.9 Å². The van der Waals surface area contributed by atoms with Gasteiger partial charge in [0.05, 0.1) is 22.6 Å². The lowest BCUT2D eigenvalue weighted by Gasteiger charge is -2.31. The Kier molecular flexibility index (Phi) is 5.62. The van der Waals surface area contributed by atoms with Crippen LogP contribution in [0.3, 0.4) is 0 Å². The van der Waals surface area contributed by atoms with E-state index in [9.17, 15) is 18.0 Å². The molecule has 0 aliphatic carbocycles. The molecule has 1 aromatic heterocycles. The molecular formula is C18H21N3O5S. The van der Waals surface area contributed by atoms with Crippen molar-refractivity contribution in [3.05, 3.63) is 54.0 Å². The van der Waals surface area contributed by atoms with Crippen LogP contribution in [0.4, 0.5) is 0 Å². The molecule has 1 saturated heterocycles. The molecule has 9 heteroatoms. The predicted molar refractivity (Wildman–Crippen MR) is 97.0 cm³/mol. The minimum Gasteiger partial charge on any atom is -0.472 e. The zero-order valence-corrected chi connectivity index (χ0v) is 15.7. The van der Waals surface area contributed by atoms with Crippen LogP contribution in [-0.4, -0.2) is 37.6 Å². The first-order valence-corrected chi connectivity index (χ1v) is 10.0. The zero-order chi connectivity index (χ0) is 19.4. The number of rotatable bonds is 4. The zero-order valence-electron chi connectivity index (χ0n) is 14.8. The van der Waals surface area contributed by atoms with Crippen LogP contribution in [-0.2, 0) is 14.8 Å². The minimum absolute atomic E-state index is 0.0730. The summed E-state index contributed by atoms with van der Waals surface area (Å²) in [5, 5.41) is 0. The van der Waals surface area contributed by atoms with Gasteiger partial charge >= 0.3 is 0 Å². The largest absolute Gasteiger partial charge is 0.472 e. The van der Waals surface area contributed by atoms with E-state index in [1.165, 1.54) is 22.9 Å². The number of hydrogen-bond acceptors (Lipinski definition) is 5. The summed E-state index contributed by atoms with van der Waals surface area (Å²) in [5.41, 5.74) is 5.92. The van der Waals surface area contributed by atoms with Gasteiger partial charge in [0, 0.05) is 13.1 Å². The molecule has 1 fully saturated rings. The number of amides is 2. The Morgan fingerprint density at radius 1 is 1.15 bits per heavy atom. The fourth-order valence-electron chi connectivity index (χ4n) is 2.92. The third-order valence-corrected chi connectivity index (χ3v) is 6.38. The van der Waals surface area contributed by atoms with Gasteiger partial charge in [0.25, 0.3) is 5.91 Å². The van der Waals surface area contributed by atoms with Gasteiger partial charge in [0.1, 0.15) is 6.26 Å². The van der Waals surface area contributed by atoms with E-state index in [4.69, 9.17) is 4.42 Å². The van der Waals surface area contributed by atoms with Crippen LogP contribution in [0.1, 0.15) is 28.8 Å². The maximum Gasteiger partial charge on any atom is 0.272 e. The van der Waals surface area contributed by atoms with Crippen LogP contribution in [0.15, 0.2) is 52.2 Å². The average Bonchev–Trinajstić information content (AvgIpc) is 3.21. The number of benzene rings is 1. The molecule has 3 rings (SSSR count). The third-order valence-electron chi connectivity index (χ3n) is 4.50. The summed E-state index contributed by atoms with van der Waals surface area (Å²) in [7, 11) is -3.66. The molecule has 1 aliphatic heterocycles. The Labute approximate surface area is 157 Å². The summed E-state index contributed by atoms with van der Waals surface area (Å²) in [6, 6.07) is 8.09. The highest BCUT2D eigenvalue weighted by molar-refractivity contribution is 7.89. The van der Waals surface area contributed by atoms with Crippen molar-refractivity contribution in [2.75, 3.05) is 13.1 Å². The lowest BCUT2D eigenvalue weighted by atomic mass is 9.99. The highest BCUT2D eigenvalue weighted by Crippen LogP contribution is 2.24. The molecule has 2 heterocycles. The van der Waals surface area contributed by atoms with Gasteiger partial charge in [-0.15, -0.1) is 0 Å². The fraction of sp³-hybridized carbons (Fsp3) is 0.333. The summed E-state index contributed by atoms with van der Waals surface area (Å²) >= 11 is 0. The second kappa shape index (κ2) is 7.93. The number of aryl methyl sites for hydroxylation is 1. The first kappa shape index (κ1) is 19.1. The molecule has 0 unspecified atom stereocenters. The predicted octanol–water partition coefficient (Wildman–Crippen LogP) is 1.45. The van der Waals surface area contributed by atoms with Crippen LogP contribution in [0.2, 0.25) is 0 Å². The molecule has 0 saturated carbocycles. The van der Waals surface area contributed by atoms with Gasteiger partial charge in [0.15, 0.2) is 0 Å². The maximum absolute atomic E-state index is 12.8. The second-order valence-corrected chi connectivity index (χ2v) is 8.41. The molecule has 0 spiro atoms. The normalized spacial score (nSPS) is 18.0. The number of carbonyl (C=O) groups excluding carboxylic acids is 2. The first-order valence-electron chi connectivity index (χ1n) is 8.57. The van der Waals surface area contributed by atoms with E-state index in [0.717, 1.165) is 5.56 Å². The van der Waals surface area contributed by atoms with Gasteiger partial charge in [-0.1, -0.05) is 17.7 Å². The van der Waals surface area contributed by atoms with Crippen molar-refractivity contribution in [3.63, 3.8) is 0 Å². The molecule has 2 aromatic rings. The van der Waals surface area contributed by atoms with Crippen LogP contribution in [0.25, 0.3) is 0 Å². The molecule has 0 bridgehead atoms. The molecule has 1 aliphatic rings. The number of hydrogen-bond donors (Lipinski definition) is 2. The topological polar surface area (TPSA) is 109 Å². The number of carbonyl (C=O) groups is 2. The molecule has 1 atom stereocenters. The number of hydrazine groups is 1. The van der Waals surface area contributed by atoms with Crippen LogP contribution in [0.5, 0.6) is 0 Å². The lowest BCUT2D eigenvalue weighted by molar-refractivity contribution is -0.126. The highest BCUT2D eigenvalue weighted by atomic mass is 32.2. The fourth-order valence-corrected chi connectivity index (χ4v) is 4.44. The van der Waals surface area contributed by atoms with E-state index in [1.54, 1.807) is 24.3 Å². The minimum atomic E-state index is -3.66. The third kappa shape index (κ3) is 4.37. The van der Waals surface area contributed by atoms with Gasteiger partial charge in [-0.05, 0) is 38.0 Å². The highest BCUT2D eigenvalue weighted by Gasteiger charge is 2.33. The monoisotopic (exact) mass is 391 g/mol. The molecule has 1 aromatic carbocycles. The van der Waals surface area contributed by atoms with Crippen molar-refractivity contribution in [1.29, 1.82) is 0 Å². The lowest BCUT2D eigenvalue weighted by Crippen LogP contribution is -2.49. The van der Waals surface area contributed by atoms with E-state index in [1.807, 2.05) is 6.92 Å². The summed E-state index contributed by atoms with van der Waals surface area (Å²) in [6.45, 7) is 2.32. The SMILES string of the molecule is Cc1ccc(S(=O)(=O)N2CCC[C@@H](C(=O)NNC(=O)c3ccoc3)C2)cc1. The van der Waals surface area contributed by atoms with Crippen LogP contribution in [0, 0.1) is 12.8 Å². The summed E-state index contributed by atoms with van der Waals surface area (Å²) in [5.74, 6) is -1.46. The molecule has 144 valence electrons. The Bertz CT molecular complexity index is 907. The van der Waals surface area contributed by atoms with Crippen molar-refractivity contribution in [1.82, 2.24) is 15.2 Å². The van der Waals surface area contributed by atoms with Crippen LogP contribution >= 0.6 is 0 Å². The summed E-state index contributed by atoms with van der Waals surface area (Å²) < 4.78 is 31.7. The number of furan rings is 1. The molecular weight excluding hydrogens is 370 g/mol. The summed E-state index contributed by atoms with van der Waals surface area (Å²) in [4.78, 5) is 24.4. The van der Waals surface area contributed by atoms with Gasteiger partial charge in [0.2, 0.25) is 15.9 Å². The van der Waals surface area contributed by atoms with Gasteiger partial charge in [-0.25, -0.2) is 8.42 Å². The van der Waals surface area contributed by atoms with Crippen molar-refractivity contribution in [2.24, 2.45) is 5.92 Å². The van der Waals surface area contributed by atoms with E-state index >= 15 is 0 Å². The number of nitrogens with one attached hydrogen (secondary N) is 2. The first-order chi connectivity index (χ1) is 12.9. The standard InChI is InChI=1S/C18H21N3O5S/c1-13-4-6-16(7-5-13)27(24,25)21-9-2-3-14(11-21)17(22)19-20-18(23)15-8-10-26-12-15/h4-8,10,12,14H,2-3,9,11H2,1H3,(H,19,22)(H,20,23)/t14-/m1/s1. The number of sulfonamides is 1. The van der Waals surface area contributed by atoms with Gasteiger partial charge in [-0.3, -0.25) is 20.4 Å². The smallest absolute Gasteiger partial charge is 0.272 e. The Balaban J connectivity index is 1.62. The average molecular weight is 391 g/mol. The van der Waals surface area contributed by atoms with Gasteiger partial charge in [-0.2, -0.15) is 4.31 Å². The Morgan fingerprint density at radius 2 is 1.89 bits per heavy atom. The van der Waals surface area contributed by atoms with Crippen molar-refractivity contribution in [3.8, 4) is 0 Å². The Hall–Kier alpha value is -2.65. The van der Waals surface area contributed by atoms with Crippen molar-refractivity contribution >= 4 is 21.8 Å². The van der Waals surface area contributed by atoms with E-state index in [-0.39, 0.29) is 17.0 Å². The van der Waals surface area contributed by atoms with E-state index < -0.39 is 27.8 Å². The number of nitrogens with zero attached hydrogens (tertiary/aromatic N) is 1. The van der Waals surface area contributed by atoms with E-state index in [2.05, 4.69) is 10.9 Å². The molecule has 2 N–H and O–H groups in total. The summed E-state index contributed by atoms with van der Waals surface area (Å²) in [6.07, 6.45) is 3.73. The second-order valence-electron chi connectivity index (χ2n) is 6.47. The van der Waals surface area contributed by atoms with Crippen molar-refractivity contribution < 1.29 is 22.4 Å². The molecule has 2 amide bonds. The molecule has 27 heavy (non-hydrogen) atoms. The van der Waals surface area contributed by atoms with Crippen molar-refractivity contribution in [2.45, 2.75) is 24.7 Å². The van der Waals surface area contributed by atoms with Gasteiger partial charge < -0.3 is 4.42 Å². The molecule has 0 radical (unpaired) electrons. The Morgan fingerprint density at radius 3 is 2.56 bits per heavy atom. The quantitative estimate of drug-likeness (QED) is 0.767. The number of piperidine rings is 1. The maximum atomic E-state index is 12.8. The van der Waals surface area contributed by atoms with E-state index in [0.29, 0.717) is 19.4 Å². The molecule has 8 nitrogen and oxygen atoms in total.